The number of carbonyl (C=O) groups is 3. The second kappa shape index (κ2) is 43.6. The molecule has 0 radical (unpaired) electrons. The highest BCUT2D eigenvalue weighted by Crippen LogP contribution is 2.43. The SMILES string of the molecule is CCCCCC/C=C\C/C=C\CCCCCCCCCC(=O)OCC(O)COP(=O)(O)OCC(NC(=O)CCCCCCCCCCCCCCCCCCCC)C(=O)O. The number of nitrogens with one attached hydrogen (secondary N) is 1. The molecular formula is C48H90NO10P. The van der Waals surface area contributed by atoms with Gasteiger partial charge >= 0.3 is 19.8 Å². The number of carboxylic acids is 1. The van der Waals surface area contributed by atoms with Gasteiger partial charge in [-0.05, 0) is 44.9 Å². The molecule has 0 aliphatic heterocycles. The molecule has 352 valence electrons. The van der Waals surface area contributed by atoms with E-state index >= 15 is 0 Å². The van der Waals surface area contributed by atoms with Gasteiger partial charge in [-0.15, -0.1) is 0 Å². The summed E-state index contributed by atoms with van der Waals surface area (Å²) < 4.78 is 26.9. The third-order valence-electron chi connectivity index (χ3n) is 10.7. The Kier molecular flexibility index (Phi) is 42.1. The van der Waals surface area contributed by atoms with Gasteiger partial charge in [0.1, 0.15) is 12.7 Å². The number of aliphatic hydroxyl groups is 1. The number of aliphatic hydroxyl groups excluding tert-OH is 1. The predicted octanol–water partition coefficient (Wildman–Crippen LogP) is 13.0. The summed E-state index contributed by atoms with van der Waals surface area (Å²) in [5.41, 5.74) is 0. The van der Waals surface area contributed by atoms with E-state index in [0.717, 1.165) is 51.4 Å². The third kappa shape index (κ3) is 42.6. The van der Waals surface area contributed by atoms with Gasteiger partial charge in [0, 0.05) is 12.8 Å². The molecule has 3 unspecified atom stereocenters. The maximum absolute atomic E-state index is 12.3. The molecule has 4 N–H and O–H groups in total. The van der Waals surface area contributed by atoms with Crippen LogP contribution < -0.4 is 5.32 Å². The summed E-state index contributed by atoms with van der Waals surface area (Å²) in [4.78, 5) is 46.0. The molecule has 0 heterocycles. The van der Waals surface area contributed by atoms with Crippen LogP contribution in [-0.2, 0) is 32.7 Å². The molecule has 0 bridgehead atoms. The van der Waals surface area contributed by atoms with Gasteiger partial charge in [0.15, 0.2) is 6.04 Å². The number of amides is 1. The monoisotopic (exact) mass is 872 g/mol. The highest BCUT2D eigenvalue weighted by Gasteiger charge is 2.28. The Labute approximate surface area is 366 Å². The Morgan fingerprint density at radius 1 is 0.533 bits per heavy atom. The minimum Gasteiger partial charge on any atom is -0.480 e. The van der Waals surface area contributed by atoms with E-state index in [0.29, 0.717) is 12.8 Å². The van der Waals surface area contributed by atoms with Crippen molar-refractivity contribution in [1.29, 1.82) is 0 Å². The number of ether oxygens (including phenoxy) is 1. The zero-order valence-electron chi connectivity index (χ0n) is 38.3. The highest BCUT2D eigenvalue weighted by molar-refractivity contribution is 7.47. The van der Waals surface area contributed by atoms with Crippen LogP contribution in [0, 0.1) is 0 Å². The first-order chi connectivity index (χ1) is 29.1. The van der Waals surface area contributed by atoms with Crippen molar-refractivity contribution in [3.63, 3.8) is 0 Å². The van der Waals surface area contributed by atoms with E-state index in [-0.39, 0.29) is 12.8 Å². The first-order valence-corrected chi connectivity index (χ1v) is 25.9. The van der Waals surface area contributed by atoms with Crippen molar-refractivity contribution in [2.75, 3.05) is 19.8 Å². The van der Waals surface area contributed by atoms with Gasteiger partial charge in [-0.3, -0.25) is 18.6 Å². The largest absolute Gasteiger partial charge is 0.480 e. The van der Waals surface area contributed by atoms with Crippen LogP contribution >= 0.6 is 7.82 Å². The molecule has 0 saturated carbocycles. The van der Waals surface area contributed by atoms with Gasteiger partial charge in [0.05, 0.1) is 13.2 Å². The Balaban J connectivity index is 3.84. The van der Waals surface area contributed by atoms with Crippen LogP contribution in [0.2, 0.25) is 0 Å². The quantitative estimate of drug-likeness (QED) is 0.0200. The molecule has 0 saturated heterocycles. The number of rotatable bonds is 46. The lowest BCUT2D eigenvalue weighted by molar-refractivity contribution is -0.147. The lowest BCUT2D eigenvalue weighted by Gasteiger charge is -2.18. The average molecular weight is 872 g/mol. The maximum Gasteiger partial charge on any atom is 0.472 e. The van der Waals surface area contributed by atoms with Gasteiger partial charge in [0.2, 0.25) is 5.91 Å². The summed E-state index contributed by atoms with van der Waals surface area (Å²) in [5.74, 6) is -2.37. The minimum atomic E-state index is -4.76. The fraction of sp³-hybridized carbons (Fsp3) is 0.854. The number of carboxylic acid groups (broad SMARTS) is 1. The lowest BCUT2D eigenvalue weighted by atomic mass is 10.0. The summed E-state index contributed by atoms with van der Waals surface area (Å²) >= 11 is 0. The van der Waals surface area contributed by atoms with Gasteiger partial charge in [-0.25, -0.2) is 9.36 Å². The number of hydrogen-bond acceptors (Lipinski definition) is 8. The Hall–Kier alpha value is -2.04. The first kappa shape index (κ1) is 58.0. The fourth-order valence-corrected chi connectivity index (χ4v) is 7.71. The molecule has 3 atom stereocenters. The average Bonchev–Trinajstić information content (AvgIpc) is 3.22. The number of unbranched alkanes of at least 4 members (excludes halogenated alkanes) is 28. The van der Waals surface area contributed by atoms with Crippen molar-refractivity contribution >= 4 is 25.7 Å². The van der Waals surface area contributed by atoms with Crippen molar-refractivity contribution in [2.45, 2.75) is 244 Å². The zero-order valence-corrected chi connectivity index (χ0v) is 39.2. The molecule has 60 heavy (non-hydrogen) atoms. The van der Waals surface area contributed by atoms with Crippen molar-refractivity contribution < 1.29 is 47.8 Å². The summed E-state index contributed by atoms with van der Waals surface area (Å²) in [6, 6.07) is -1.54. The van der Waals surface area contributed by atoms with Crippen molar-refractivity contribution in [2.24, 2.45) is 0 Å². The van der Waals surface area contributed by atoms with Crippen LogP contribution in [0.1, 0.15) is 232 Å². The summed E-state index contributed by atoms with van der Waals surface area (Å²) in [6.45, 7) is 2.60. The molecule has 0 aromatic carbocycles. The molecule has 1 amide bonds. The van der Waals surface area contributed by atoms with Crippen LogP contribution in [0.25, 0.3) is 0 Å². The smallest absolute Gasteiger partial charge is 0.472 e. The topological polar surface area (TPSA) is 169 Å². The van der Waals surface area contributed by atoms with Gasteiger partial charge < -0.3 is 25.2 Å². The Morgan fingerprint density at radius 2 is 0.917 bits per heavy atom. The van der Waals surface area contributed by atoms with Crippen molar-refractivity contribution in [1.82, 2.24) is 5.32 Å². The second-order valence-electron chi connectivity index (χ2n) is 16.7. The maximum atomic E-state index is 12.3. The van der Waals surface area contributed by atoms with E-state index in [2.05, 4.69) is 43.5 Å². The van der Waals surface area contributed by atoms with E-state index in [1.54, 1.807) is 0 Å². The number of aliphatic carboxylic acids is 1. The van der Waals surface area contributed by atoms with Crippen LogP contribution in [0.15, 0.2) is 24.3 Å². The van der Waals surface area contributed by atoms with Gasteiger partial charge in [0.25, 0.3) is 0 Å². The molecule has 0 spiro atoms. The van der Waals surface area contributed by atoms with E-state index < -0.39 is 57.6 Å². The van der Waals surface area contributed by atoms with Crippen LogP contribution in [0.5, 0.6) is 0 Å². The highest BCUT2D eigenvalue weighted by atomic mass is 31.2. The van der Waals surface area contributed by atoms with Gasteiger partial charge in [-0.1, -0.05) is 199 Å². The molecule has 0 aliphatic rings. The molecule has 0 rings (SSSR count). The number of carbonyl (C=O) groups excluding carboxylic acids is 2. The standard InChI is InChI=1S/C48H90NO10P/c1-3-5-7-9-11-13-15-17-19-21-23-25-27-29-31-33-35-37-39-46(51)49-45(48(53)54)43-59-60(55,56)58-42-44(50)41-57-47(52)40-38-36-34-32-30-28-26-24-22-20-18-16-14-12-10-8-6-4-2/h14,16,20,22,44-45,50H,3-13,15,17-19,21,23-43H2,1-2H3,(H,49,51)(H,53,54)(H,55,56)/b16-14-,22-20-. The molecule has 12 heteroatoms. The molecule has 0 fully saturated rings. The van der Waals surface area contributed by atoms with Gasteiger partial charge in [-0.2, -0.15) is 0 Å². The molecule has 0 aromatic heterocycles. The summed E-state index contributed by atoms with van der Waals surface area (Å²) in [5, 5.41) is 21.9. The van der Waals surface area contributed by atoms with Crippen molar-refractivity contribution in [3.05, 3.63) is 24.3 Å². The lowest BCUT2D eigenvalue weighted by Crippen LogP contribution is -2.43. The van der Waals surface area contributed by atoms with Crippen LogP contribution in [0.4, 0.5) is 0 Å². The number of allylic oxidation sites excluding steroid dienone is 4. The van der Waals surface area contributed by atoms with Crippen molar-refractivity contribution in [3.8, 4) is 0 Å². The normalized spacial score (nSPS) is 13.8. The zero-order chi connectivity index (χ0) is 44.2. The molecular weight excluding hydrogens is 781 g/mol. The number of hydrogen-bond donors (Lipinski definition) is 4. The number of phosphoric ester groups is 1. The van der Waals surface area contributed by atoms with E-state index in [1.165, 1.54) is 141 Å². The third-order valence-corrected chi connectivity index (χ3v) is 11.7. The van der Waals surface area contributed by atoms with E-state index in [1.807, 2.05) is 0 Å². The summed E-state index contributed by atoms with van der Waals surface area (Å²) in [6.07, 6.45) is 46.2. The number of esters is 1. The van der Waals surface area contributed by atoms with Crippen LogP contribution in [-0.4, -0.2) is 64.9 Å². The Morgan fingerprint density at radius 3 is 1.37 bits per heavy atom. The molecule has 11 nitrogen and oxygen atoms in total. The predicted molar refractivity (Wildman–Crippen MR) is 245 cm³/mol. The fourth-order valence-electron chi connectivity index (χ4n) is 6.94. The van der Waals surface area contributed by atoms with E-state index in [4.69, 9.17) is 13.8 Å². The molecule has 0 aliphatic carbocycles. The second-order valence-corrected chi connectivity index (χ2v) is 18.1. The summed E-state index contributed by atoms with van der Waals surface area (Å²) in [7, 11) is -4.76. The minimum absolute atomic E-state index is 0.150. The Bertz CT molecular complexity index is 1120. The van der Waals surface area contributed by atoms with E-state index in [9.17, 15) is 34.1 Å². The molecule has 0 aromatic rings. The number of phosphoric acid groups is 1. The van der Waals surface area contributed by atoms with Crippen LogP contribution in [0.3, 0.4) is 0 Å². The first-order valence-electron chi connectivity index (χ1n) is 24.4.